The smallest absolute Gasteiger partial charge is 0.276 e. The van der Waals surface area contributed by atoms with Crippen LogP contribution in [0.3, 0.4) is 0 Å². The van der Waals surface area contributed by atoms with Crippen LogP contribution in [0.25, 0.3) is 10.8 Å². The number of benzene rings is 2. The highest BCUT2D eigenvalue weighted by Crippen LogP contribution is 2.23. The largest absolute Gasteiger partial charge is 0.318 e. The average Bonchev–Trinajstić information content (AvgIpc) is 2.67. The van der Waals surface area contributed by atoms with Gasteiger partial charge in [0, 0.05) is 11.9 Å². The first-order valence-corrected chi connectivity index (χ1v) is 9.16. The van der Waals surface area contributed by atoms with Crippen molar-refractivity contribution in [2.75, 3.05) is 5.32 Å². The number of hydrogen-bond donors (Lipinski definition) is 1. The van der Waals surface area contributed by atoms with Gasteiger partial charge in [0.2, 0.25) is 0 Å². The Hall–Kier alpha value is -2.73. The van der Waals surface area contributed by atoms with Crippen LogP contribution in [-0.2, 0) is 6.54 Å². The van der Waals surface area contributed by atoms with Crippen molar-refractivity contribution in [1.82, 2.24) is 9.78 Å². The lowest BCUT2D eigenvalue weighted by atomic mass is 10.1. The zero-order valence-corrected chi connectivity index (χ0v) is 15.6. The predicted molar refractivity (Wildman–Crippen MR) is 105 cm³/mol. The van der Waals surface area contributed by atoms with Crippen molar-refractivity contribution < 1.29 is 9.18 Å². The summed E-state index contributed by atoms with van der Waals surface area (Å²) in [6, 6.07) is 11.1. The topological polar surface area (TPSA) is 64.0 Å². The van der Waals surface area contributed by atoms with E-state index in [1.165, 1.54) is 22.9 Å². The second-order valence-electron chi connectivity index (χ2n) is 6.19. The van der Waals surface area contributed by atoms with Gasteiger partial charge in [-0.25, -0.2) is 9.07 Å². The minimum Gasteiger partial charge on any atom is -0.318 e. The molecule has 0 atom stereocenters. The molecule has 3 rings (SSSR count). The summed E-state index contributed by atoms with van der Waals surface area (Å²) in [5.41, 5.74) is -0.213. The van der Waals surface area contributed by atoms with E-state index >= 15 is 0 Å². The molecule has 0 aliphatic rings. The maximum absolute atomic E-state index is 14.1. The minimum absolute atomic E-state index is 0.0397. The molecule has 0 aliphatic heterocycles. The van der Waals surface area contributed by atoms with Gasteiger partial charge in [-0.05, 0) is 24.6 Å². The van der Waals surface area contributed by atoms with Gasteiger partial charge in [-0.1, -0.05) is 55.6 Å². The van der Waals surface area contributed by atoms with Crippen molar-refractivity contribution in [2.45, 2.75) is 32.7 Å². The fourth-order valence-electron chi connectivity index (χ4n) is 2.85. The average molecular weight is 388 g/mol. The number of nitrogens with zero attached hydrogens (tertiary/aromatic N) is 2. The van der Waals surface area contributed by atoms with Gasteiger partial charge in [0.25, 0.3) is 11.5 Å². The van der Waals surface area contributed by atoms with Gasteiger partial charge in [-0.15, -0.1) is 0 Å². The SMILES string of the molecule is CCCCCn1nc(C(=O)Nc2cccc(Cl)c2F)c2ccccc2c1=O. The molecule has 140 valence electrons. The minimum atomic E-state index is -0.715. The maximum atomic E-state index is 14.1. The van der Waals surface area contributed by atoms with E-state index < -0.39 is 11.7 Å². The van der Waals surface area contributed by atoms with Gasteiger partial charge < -0.3 is 5.32 Å². The van der Waals surface area contributed by atoms with Crippen LogP contribution in [0.15, 0.2) is 47.3 Å². The molecule has 0 radical (unpaired) electrons. The second kappa shape index (κ2) is 8.31. The van der Waals surface area contributed by atoms with Crippen molar-refractivity contribution in [3.63, 3.8) is 0 Å². The molecule has 0 unspecified atom stereocenters. The molecule has 0 saturated carbocycles. The highest BCUT2D eigenvalue weighted by atomic mass is 35.5. The van der Waals surface area contributed by atoms with E-state index in [9.17, 15) is 14.0 Å². The van der Waals surface area contributed by atoms with Gasteiger partial charge in [-0.3, -0.25) is 9.59 Å². The zero-order valence-electron chi connectivity index (χ0n) is 14.8. The first-order chi connectivity index (χ1) is 13.0. The fraction of sp³-hybridized carbons (Fsp3) is 0.250. The third-order valence-corrected chi connectivity index (χ3v) is 4.55. The number of nitrogens with one attached hydrogen (secondary N) is 1. The van der Waals surface area contributed by atoms with Crippen molar-refractivity contribution in [3.05, 3.63) is 69.4 Å². The second-order valence-corrected chi connectivity index (χ2v) is 6.59. The Bertz CT molecular complexity index is 1050. The van der Waals surface area contributed by atoms with E-state index in [0.29, 0.717) is 17.3 Å². The van der Waals surface area contributed by atoms with E-state index in [4.69, 9.17) is 11.6 Å². The summed E-state index contributed by atoms with van der Waals surface area (Å²) in [5.74, 6) is -1.32. The molecular formula is C20H19ClFN3O2. The van der Waals surface area contributed by atoms with E-state index in [0.717, 1.165) is 19.3 Å². The van der Waals surface area contributed by atoms with Crippen molar-refractivity contribution in [3.8, 4) is 0 Å². The Morgan fingerprint density at radius 2 is 1.89 bits per heavy atom. The summed E-state index contributed by atoms with van der Waals surface area (Å²) >= 11 is 5.77. The van der Waals surface area contributed by atoms with Crippen molar-refractivity contribution >= 4 is 34.0 Å². The molecule has 2 aromatic carbocycles. The lowest BCUT2D eigenvalue weighted by molar-refractivity contribution is 0.102. The molecule has 0 saturated heterocycles. The predicted octanol–water partition coefficient (Wildman–Crippen LogP) is 4.63. The summed E-state index contributed by atoms with van der Waals surface area (Å²) in [6.07, 6.45) is 2.74. The number of amides is 1. The van der Waals surface area contributed by atoms with Gasteiger partial charge >= 0.3 is 0 Å². The first-order valence-electron chi connectivity index (χ1n) is 8.78. The molecule has 1 aromatic heterocycles. The molecule has 3 aromatic rings. The van der Waals surface area contributed by atoms with Crippen LogP contribution in [0.2, 0.25) is 5.02 Å². The van der Waals surface area contributed by atoms with Gasteiger partial charge in [0.1, 0.15) is 0 Å². The number of anilines is 1. The molecule has 7 heteroatoms. The number of aryl methyl sites for hydroxylation is 1. The van der Waals surface area contributed by atoms with E-state index in [2.05, 4.69) is 17.3 Å². The summed E-state index contributed by atoms with van der Waals surface area (Å²) in [7, 11) is 0. The summed E-state index contributed by atoms with van der Waals surface area (Å²) in [6.45, 7) is 2.48. The summed E-state index contributed by atoms with van der Waals surface area (Å²) in [5, 5.41) is 7.50. The highest BCUT2D eigenvalue weighted by Gasteiger charge is 2.18. The van der Waals surface area contributed by atoms with Crippen LogP contribution in [0.1, 0.15) is 36.7 Å². The monoisotopic (exact) mass is 387 g/mol. The lowest BCUT2D eigenvalue weighted by Crippen LogP contribution is -2.28. The Morgan fingerprint density at radius 3 is 2.63 bits per heavy atom. The molecule has 1 amide bonds. The molecular weight excluding hydrogens is 369 g/mol. The quantitative estimate of drug-likeness (QED) is 0.627. The third-order valence-electron chi connectivity index (χ3n) is 4.26. The van der Waals surface area contributed by atoms with Crippen LogP contribution in [0.4, 0.5) is 10.1 Å². The number of rotatable bonds is 6. The lowest BCUT2D eigenvalue weighted by Gasteiger charge is -2.12. The van der Waals surface area contributed by atoms with Crippen LogP contribution < -0.4 is 10.9 Å². The molecule has 5 nitrogen and oxygen atoms in total. The number of halogens is 2. The highest BCUT2D eigenvalue weighted by molar-refractivity contribution is 6.31. The van der Waals surface area contributed by atoms with Gasteiger partial charge in [0.15, 0.2) is 11.5 Å². The summed E-state index contributed by atoms with van der Waals surface area (Å²) < 4.78 is 15.4. The van der Waals surface area contributed by atoms with E-state index in [1.54, 1.807) is 24.3 Å². The molecule has 0 bridgehead atoms. The fourth-order valence-corrected chi connectivity index (χ4v) is 3.02. The normalized spacial score (nSPS) is 10.9. The zero-order chi connectivity index (χ0) is 19.4. The van der Waals surface area contributed by atoms with E-state index in [1.807, 2.05) is 0 Å². The number of unbranched alkanes of at least 4 members (excludes halogenated alkanes) is 2. The molecule has 0 spiro atoms. The molecule has 0 fully saturated rings. The third kappa shape index (κ3) is 4.01. The van der Waals surface area contributed by atoms with Crippen LogP contribution >= 0.6 is 11.6 Å². The first kappa shape index (κ1) is 19.0. The molecule has 1 heterocycles. The van der Waals surface area contributed by atoms with Crippen LogP contribution in [-0.4, -0.2) is 15.7 Å². The molecule has 1 N–H and O–H groups in total. The standard InChI is InChI=1S/C20H19ClFN3O2/c1-2-3-6-12-25-20(27)14-9-5-4-8-13(14)18(24-25)19(26)23-16-11-7-10-15(21)17(16)22/h4-5,7-11H,2-3,6,12H2,1H3,(H,23,26). The number of carbonyl (C=O) groups excluding carboxylic acids is 1. The number of fused-ring (bicyclic) bond motifs is 1. The van der Waals surface area contributed by atoms with Gasteiger partial charge in [0.05, 0.1) is 16.1 Å². The van der Waals surface area contributed by atoms with Gasteiger partial charge in [-0.2, -0.15) is 5.10 Å². The summed E-state index contributed by atoms with van der Waals surface area (Å²) in [4.78, 5) is 25.4. The Kier molecular flexibility index (Phi) is 5.86. The Balaban J connectivity index is 2.04. The van der Waals surface area contributed by atoms with Crippen LogP contribution in [0, 0.1) is 5.82 Å². The maximum Gasteiger partial charge on any atom is 0.276 e. The van der Waals surface area contributed by atoms with Crippen molar-refractivity contribution in [1.29, 1.82) is 0 Å². The van der Waals surface area contributed by atoms with E-state index in [-0.39, 0.29) is 22.0 Å². The molecule has 0 aliphatic carbocycles. The number of aromatic nitrogens is 2. The number of hydrogen-bond acceptors (Lipinski definition) is 3. The van der Waals surface area contributed by atoms with Crippen molar-refractivity contribution in [2.24, 2.45) is 0 Å². The molecule has 27 heavy (non-hydrogen) atoms. The Labute approximate surface area is 160 Å². The van der Waals surface area contributed by atoms with Crippen LogP contribution in [0.5, 0.6) is 0 Å². The number of carbonyl (C=O) groups is 1. The Morgan fingerprint density at radius 1 is 1.15 bits per heavy atom.